The molecule has 26 heavy (non-hydrogen) atoms. The van der Waals surface area contributed by atoms with Crippen LogP contribution in [0.25, 0.3) is 10.9 Å². The van der Waals surface area contributed by atoms with Gasteiger partial charge in [0.1, 0.15) is 11.4 Å². The first-order chi connectivity index (χ1) is 12.5. The average Bonchev–Trinajstić information content (AvgIpc) is 2.66. The Hall–Kier alpha value is -3.06. The predicted octanol–water partition coefficient (Wildman–Crippen LogP) is 2.52. The van der Waals surface area contributed by atoms with Gasteiger partial charge in [0.2, 0.25) is 5.43 Å². The Labute approximate surface area is 149 Å². The van der Waals surface area contributed by atoms with Crippen molar-refractivity contribution in [3.63, 3.8) is 0 Å². The summed E-state index contributed by atoms with van der Waals surface area (Å²) >= 11 is 0. The van der Waals surface area contributed by atoms with Crippen molar-refractivity contribution >= 4 is 16.8 Å². The highest BCUT2D eigenvalue weighted by molar-refractivity contribution is 5.97. The van der Waals surface area contributed by atoms with E-state index in [-0.39, 0.29) is 17.6 Å². The number of carbonyl (C=O) groups is 1. The first kappa shape index (κ1) is 17.8. The van der Waals surface area contributed by atoms with E-state index in [4.69, 9.17) is 4.74 Å². The molecule has 3 aromatic rings. The van der Waals surface area contributed by atoms with Crippen molar-refractivity contribution in [3.8, 4) is 0 Å². The van der Waals surface area contributed by atoms with Gasteiger partial charge in [0.25, 0.3) is 5.91 Å². The van der Waals surface area contributed by atoms with E-state index in [0.29, 0.717) is 11.2 Å². The van der Waals surface area contributed by atoms with Crippen LogP contribution in [0.15, 0.2) is 53.6 Å². The van der Waals surface area contributed by atoms with Crippen LogP contribution in [0.5, 0.6) is 0 Å². The van der Waals surface area contributed by atoms with Gasteiger partial charge in [0, 0.05) is 37.5 Å². The van der Waals surface area contributed by atoms with E-state index in [1.165, 1.54) is 30.3 Å². The topological polar surface area (TPSA) is 75.3 Å². The Balaban J connectivity index is 2.01. The molecule has 1 aromatic carbocycles. The SMILES string of the molecule is COC[C@H](c1ccccn1)N(C)C(=O)c1c[nH]c2ccc(F)cc2c1=O. The fourth-order valence-electron chi connectivity index (χ4n) is 2.81. The van der Waals surface area contributed by atoms with Crippen molar-refractivity contribution in [1.29, 1.82) is 0 Å². The van der Waals surface area contributed by atoms with E-state index in [1.807, 2.05) is 6.07 Å². The number of aromatic nitrogens is 2. The molecular weight excluding hydrogens is 337 g/mol. The standard InChI is InChI=1S/C19H18FN3O3/c1-23(17(11-26-2)16-5-3-4-8-21-16)19(25)14-10-22-15-7-6-12(20)9-13(15)18(14)24/h3-10,17H,11H2,1-2H3,(H,22,24)/t17-/m1/s1. The van der Waals surface area contributed by atoms with Crippen molar-refractivity contribution in [3.05, 3.63) is 76.1 Å². The predicted molar refractivity (Wildman–Crippen MR) is 95.5 cm³/mol. The number of nitrogens with one attached hydrogen (secondary N) is 1. The molecule has 0 aliphatic heterocycles. The van der Waals surface area contributed by atoms with E-state index in [1.54, 1.807) is 25.4 Å². The molecule has 7 heteroatoms. The highest BCUT2D eigenvalue weighted by Gasteiger charge is 2.26. The van der Waals surface area contributed by atoms with E-state index in [9.17, 15) is 14.0 Å². The summed E-state index contributed by atoms with van der Waals surface area (Å²) in [5, 5.41) is 0.130. The number of pyridine rings is 2. The number of halogens is 1. The zero-order valence-electron chi connectivity index (χ0n) is 14.4. The zero-order valence-corrected chi connectivity index (χ0v) is 14.4. The summed E-state index contributed by atoms with van der Waals surface area (Å²) in [6.07, 6.45) is 2.98. The molecule has 3 rings (SSSR count). The maximum atomic E-state index is 13.5. The quantitative estimate of drug-likeness (QED) is 0.763. The largest absolute Gasteiger partial charge is 0.382 e. The molecule has 0 spiro atoms. The molecule has 0 bridgehead atoms. The Morgan fingerprint density at radius 3 is 2.85 bits per heavy atom. The Bertz CT molecular complexity index is 988. The lowest BCUT2D eigenvalue weighted by atomic mass is 10.1. The summed E-state index contributed by atoms with van der Waals surface area (Å²) in [4.78, 5) is 34.1. The number of carbonyl (C=O) groups excluding carboxylic acids is 1. The molecule has 2 heterocycles. The number of hydrogen-bond donors (Lipinski definition) is 1. The molecule has 0 aliphatic rings. The lowest BCUT2D eigenvalue weighted by Crippen LogP contribution is -2.36. The summed E-state index contributed by atoms with van der Waals surface area (Å²) in [5.41, 5.74) is 0.525. The summed E-state index contributed by atoms with van der Waals surface area (Å²) in [7, 11) is 3.11. The van der Waals surface area contributed by atoms with Crippen LogP contribution in [0, 0.1) is 5.82 Å². The number of rotatable bonds is 5. The molecule has 2 aromatic heterocycles. The molecule has 1 atom stereocenters. The molecule has 134 valence electrons. The van der Waals surface area contributed by atoms with Crippen LogP contribution in [0.1, 0.15) is 22.1 Å². The number of aromatic amines is 1. The smallest absolute Gasteiger partial charge is 0.259 e. The van der Waals surface area contributed by atoms with E-state index >= 15 is 0 Å². The van der Waals surface area contributed by atoms with Crippen LogP contribution in [-0.4, -0.2) is 41.5 Å². The van der Waals surface area contributed by atoms with E-state index < -0.39 is 23.2 Å². The van der Waals surface area contributed by atoms with Gasteiger partial charge in [-0.3, -0.25) is 14.6 Å². The number of ether oxygens (including phenoxy) is 1. The molecule has 0 aliphatic carbocycles. The second-order valence-corrected chi connectivity index (χ2v) is 5.86. The molecule has 1 amide bonds. The van der Waals surface area contributed by atoms with Crippen LogP contribution in [0.2, 0.25) is 0 Å². The third kappa shape index (κ3) is 3.34. The van der Waals surface area contributed by atoms with Gasteiger partial charge in [-0.1, -0.05) is 6.07 Å². The first-order valence-electron chi connectivity index (χ1n) is 8.01. The summed E-state index contributed by atoms with van der Waals surface area (Å²) in [6, 6.07) is 8.75. The van der Waals surface area contributed by atoms with Gasteiger partial charge in [-0.05, 0) is 30.3 Å². The van der Waals surface area contributed by atoms with Gasteiger partial charge in [-0.25, -0.2) is 4.39 Å². The van der Waals surface area contributed by atoms with Gasteiger partial charge in [-0.15, -0.1) is 0 Å². The van der Waals surface area contributed by atoms with Crippen LogP contribution < -0.4 is 5.43 Å². The number of methoxy groups -OCH3 is 1. The van der Waals surface area contributed by atoms with Crippen molar-refractivity contribution in [2.24, 2.45) is 0 Å². The lowest BCUT2D eigenvalue weighted by Gasteiger charge is -2.27. The number of hydrogen-bond acceptors (Lipinski definition) is 4. The van der Waals surface area contributed by atoms with Gasteiger partial charge in [0.05, 0.1) is 18.3 Å². The fraction of sp³-hybridized carbons (Fsp3) is 0.211. The minimum atomic E-state index is -0.535. The van der Waals surface area contributed by atoms with Crippen LogP contribution >= 0.6 is 0 Å². The monoisotopic (exact) mass is 355 g/mol. The minimum Gasteiger partial charge on any atom is -0.382 e. The molecular formula is C19H18FN3O3. The maximum Gasteiger partial charge on any atom is 0.259 e. The first-order valence-corrected chi connectivity index (χ1v) is 8.01. The van der Waals surface area contributed by atoms with Crippen molar-refractivity contribution in [2.75, 3.05) is 20.8 Å². The second-order valence-electron chi connectivity index (χ2n) is 5.86. The molecule has 0 saturated carbocycles. The van der Waals surface area contributed by atoms with Gasteiger partial charge in [0.15, 0.2) is 0 Å². The van der Waals surface area contributed by atoms with Crippen LogP contribution in [0.3, 0.4) is 0 Å². The highest BCUT2D eigenvalue weighted by Crippen LogP contribution is 2.20. The molecule has 1 N–H and O–H groups in total. The third-order valence-corrected chi connectivity index (χ3v) is 4.21. The lowest BCUT2D eigenvalue weighted by molar-refractivity contribution is 0.0593. The number of nitrogens with zero attached hydrogens (tertiary/aromatic N) is 2. The normalized spacial score (nSPS) is 12.1. The zero-order chi connectivity index (χ0) is 18.7. The number of benzene rings is 1. The molecule has 0 radical (unpaired) electrons. The van der Waals surface area contributed by atoms with Gasteiger partial charge in [-0.2, -0.15) is 0 Å². The van der Waals surface area contributed by atoms with Crippen LogP contribution in [-0.2, 0) is 4.74 Å². The van der Waals surface area contributed by atoms with Crippen LogP contribution in [0.4, 0.5) is 4.39 Å². The number of fused-ring (bicyclic) bond motifs is 1. The maximum absolute atomic E-state index is 13.5. The van der Waals surface area contributed by atoms with Crippen molar-refractivity contribution in [1.82, 2.24) is 14.9 Å². The van der Waals surface area contributed by atoms with Gasteiger partial charge < -0.3 is 14.6 Å². The Morgan fingerprint density at radius 1 is 1.35 bits per heavy atom. The molecule has 0 saturated heterocycles. The average molecular weight is 355 g/mol. The Kier molecular flexibility index (Phi) is 5.09. The fourth-order valence-corrected chi connectivity index (χ4v) is 2.81. The van der Waals surface area contributed by atoms with E-state index in [2.05, 4.69) is 9.97 Å². The molecule has 0 unspecified atom stereocenters. The third-order valence-electron chi connectivity index (χ3n) is 4.21. The highest BCUT2D eigenvalue weighted by atomic mass is 19.1. The van der Waals surface area contributed by atoms with Crippen molar-refractivity contribution in [2.45, 2.75) is 6.04 Å². The number of amides is 1. The van der Waals surface area contributed by atoms with Gasteiger partial charge >= 0.3 is 0 Å². The minimum absolute atomic E-state index is 0.0670. The second kappa shape index (κ2) is 7.45. The summed E-state index contributed by atoms with van der Waals surface area (Å²) < 4.78 is 18.7. The van der Waals surface area contributed by atoms with E-state index in [0.717, 1.165) is 6.07 Å². The number of H-pyrrole nitrogens is 1. The number of likely N-dealkylation sites (N-methyl/N-ethyl adjacent to an activating group) is 1. The van der Waals surface area contributed by atoms with Crippen molar-refractivity contribution < 1.29 is 13.9 Å². The summed E-state index contributed by atoms with van der Waals surface area (Å²) in [5.74, 6) is -1.03. The Morgan fingerprint density at radius 2 is 2.15 bits per heavy atom. The molecule has 0 fully saturated rings. The summed E-state index contributed by atoms with van der Waals surface area (Å²) in [6.45, 7) is 0.222. The molecule has 6 nitrogen and oxygen atoms in total.